The van der Waals surface area contributed by atoms with E-state index >= 15 is 0 Å². The summed E-state index contributed by atoms with van der Waals surface area (Å²) < 4.78 is 0. The molecule has 2 aromatic carbocycles. The molecular weight excluding hydrogens is 242 g/mol. The molecule has 0 saturated heterocycles. The van der Waals surface area contributed by atoms with Gasteiger partial charge in [0.25, 0.3) is 0 Å². The molecule has 1 N–H and O–H groups in total. The highest BCUT2D eigenvalue weighted by molar-refractivity contribution is 5.53. The van der Waals surface area contributed by atoms with Gasteiger partial charge in [-0.15, -0.1) is 0 Å². The van der Waals surface area contributed by atoms with Crippen molar-refractivity contribution < 1.29 is 0 Å². The molecule has 3 rings (SSSR count). The van der Waals surface area contributed by atoms with E-state index in [2.05, 4.69) is 74.6 Å². The quantitative estimate of drug-likeness (QED) is 0.785. The molecule has 1 nitrogen and oxygen atoms in total. The van der Waals surface area contributed by atoms with E-state index in [1.165, 1.54) is 35.2 Å². The van der Waals surface area contributed by atoms with Gasteiger partial charge >= 0.3 is 0 Å². The Morgan fingerprint density at radius 3 is 2.50 bits per heavy atom. The highest BCUT2D eigenvalue weighted by Crippen LogP contribution is 2.42. The van der Waals surface area contributed by atoms with Gasteiger partial charge in [0.15, 0.2) is 0 Å². The van der Waals surface area contributed by atoms with E-state index in [1.807, 2.05) is 0 Å². The van der Waals surface area contributed by atoms with Crippen LogP contribution in [-0.2, 0) is 5.41 Å². The number of hydrogen-bond donors (Lipinski definition) is 1. The predicted molar refractivity (Wildman–Crippen MR) is 86.2 cm³/mol. The molecule has 2 aromatic rings. The van der Waals surface area contributed by atoms with Gasteiger partial charge in [-0.2, -0.15) is 0 Å². The van der Waals surface area contributed by atoms with E-state index in [9.17, 15) is 0 Å². The maximum atomic E-state index is 3.74. The van der Waals surface area contributed by atoms with E-state index in [0.717, 1.165) is 0 Å². The van der Waals surface area contributed by atoms with Crippen LogP contribution in [0.5, 0.6) is 0 Å². The molecule has 0 radical (unpaired) electrons. The molecule has 0 heterocycles. The van der Waals surface area contributed by atoms with Crippen LogP contribution in [0.2, 0.25) is 0 Å². The molecule has 104 valence electrons. The molecule has 0 spiro atoms. The Morgan fingerprint density at radius 2 is 1.70 bits per heavy atom. The monoisotopic (exact) mass is 265 g/mol. The standard InChI is InChI=1S/C19H23N/c1-14-8-4-7-11-17(14)20-18-12-13-19(2,3)16-10-6-5-9-15(16)18/h4-11,18,20H,12-13H2,1-3H3. The normalized spacial score (nSPS) is 20.2. The van der Waals surface area contributed by atoms with Gasteiger partial charge in [0.1, 0.15) is 0 Å². The first-order valence-corrected chi connectivity index (χ1v) is 7.49. The first kappa shape index (κ1) is 13.2. The Morgan fingerprint density at radius 1 is 1.00 bits per heavy atom. The number of nitrogens with one attached hydrogen (secondary N) is 1. The zero-order valence-electron chi connectivity index (χ0n) is 12.6. The number of aryl methyl sites for hydroxylation is 1. The van der Waals surface area contributed by atoms with Crippen molar-refractivity contribution in [3.63, 3.8) is 0 Å². The van der Waals surface area contributed by atoms with Crippen molar-refractivity contribution in [1.29, 1.82) is 0 Å². The van der Waals surface area contributed by atoms with Gasteiger partial charge in [0.2, 0.25) is 0 Å². The van der Waals surface area contributed by atoms with Gasteiger partial charge in [-0.25, -0.2) is 0 Å². The van der Waals surface area contributed by atoms with Crippen LogP contribution in [-0.4, -0.2) is 0 Å². The highest BCUT2D eigenvalue weighted by atomic mass is 14.9. The molecule has 1 heteroatoms. The van der Waals surface area contributed by atoms with Crippen molar-refractivity contribution in [1.82, 2.24) is 0 Å². The number of fused-ring (bicyclic) bond motifs is 1. The maximum Gasteiger partial charge on any atom is 0.0517 e. The van der Waals surface area contributed by atoms with Crippen molar-refractivity contribution in [2.24, 2.45) is 0 Å². The first-order valence-electron chi connectivity index (χ1n) is 7.49. The summed E-state index contributed by atoms with van der Waals surface area (Å²) in [5.74, 6) is 0. The number of benzene rings is 2. The van der Waals surface area contributed by atoms with Crippen LogP contribution in [0, 0.1) is 6.92 Å². The van der Waals surface area contributed by atoms with E-state index < -0.39 is 0 Å². The average Bonchev–Trinajstić information content (AvgIpc) is 2.44. The molecule has 0 amide bonds. The van der Waals surface area contributed by atoms with Gasteiger partial charge < -0.3 is 5.32 Å². The van der Waals surface area contributed by atoms with Crippen molar-refractivity contribution in [3.8, 4) is 0 Å². The lowest BCUT2D eigenvalue weighted by atomic mass is 9.71. The summed E-state index contributed by atoms with van der Waals surface area (Å²) >= 11 is 0. The van der Waals surface area contributed by atoms with Crippen LogP contribution < -0.4 is 5.32 Å². The second kappa shape index (κ2) is 4.97. The van der Waals surface area contributed by atoms with Gasteiger partial charge in [-0.1, -0.05) is 56.3 Å². The smallest absolute Gasteiger partial charge is 0.0517 e. The molecule has 20 heavy (non-hydrogen) atoms. The van der Waals surface area contributed by atoms with Crippen molar-refractivity contribution in [2.75, 3.05) is 5.32 Å². The second-order valence-corrected chi connectivity index (χ2v) is 6.52. The molecule has 0 aromatic heterocycles. The molecule has 1 atom stereocenters. The zero-order valence-corrected chi connectivity index (χ0v) is 12.6. The number of hydrogen-bond acceptors (Lipinski definition) is 1. The average molecular weight is 265 g/mol. The molecule has 0 bridgehead atoms. The lowest BCUT2D eigenvalue weighted by molar-refractivity contribution is 0.406. The third-order valence-electron chi connectivity index (χ3n) is 4.60. The summed E-state index contributed by atoms with van der Waals surface area (Å²) in [4.78, 5) is 0. The third kappa shape index (κ3) is 2.33. The molecule has 1 aliphatic carbocycles. The largest absolute Gasteiger partial charge is 0.378 e. The minimum absolute atomic E-state index is 0.292. The summed E-state index contributed by atoms with van der Waals surface area (Å²) in [6.07, 6.45) is 2.42. The Labute approximate surface area is 122 Å². The Bertz CT molecular complexity index is 613. The SMILES string of the molecule is Cc1ccccc1NC1CCC(C)(C)c2ccccc21. The highest BCUT2D eigenvalue weighted by Gasteiger charge is 2.32. The van der Waals surface area contributed by atoms with E-state index in [0.29, 0.717) is 11.5 Å². The van der Waals surface area contributed by atoms with Crippen LogP contribution in [0.1, 0.15) is 49.4 Å². The van der Waals surface area contributed by atoms with E-state index in [1.54, 1.807) is 0 Å². The van der Waals surface area contributed by atoms with Crippen LogP contribution in [0.25, 0.3) is 0 Å². The predicted octanol–water partition coefficient (Wildman–Crippen LogP) is 5.22. The fraction of sp³-hybridized carbons (Fsp3) is 0.368. The topological polar surface area (TPSA) is 12.0 Å². The summed E-state index contributed by atoms with van der Waals surface area (Å²) in [6.45, 7) is 6.88. The number of anilines is 1. The van der Waals surface area contributed by atoms with Gasteiger partial charge in [-0.3, -0.25) is 0 Å². The zero-order chi connectivity index (χ0) is 14.2. The second-order valence-electron chi connectivity index (χ2n) is 6.52. The van der Waals surface area contributed by atoms with Crippen LogP contribution in [0.3, 0.4) is 0 Å². The Kier molecular flexibility index (Phi) is 3.29. The van der Waals surface area contributed by atoms with Crippen LogP contribution in [0.15, 0.2) is 48.5 Å². The fourth-order valence-corrected chi connectivity index (χ4v) is 3.29. The Balaban J connectivity index is 1.95. The molecule has 0 aliphatic heterocycles. The van der Waals surface area contributed by atoms with Gasteiger partial charge in [-0.05, 0) is 47.9 Å². The van der Waals surface area contributed by atoms with Gasteiger partial charge in [0.05, 0.1) is 6.04 Å². The summed E-state index contributed by atoms with van der Waals surface area (Å²) in [6, 6.07) is 17.9. The minimum Gasteiger partial charge on any atom is -0.378 e. The molecular formula is C19H23N. The third-order valence-corrected chi connectivity index (χ3v) is 4.60. The molecule has 1 aliphatic rings. The Hall–Kier alpha value is -1.76. The lowest BCUT2D eigenvalue weighted by Crippen LogP contribution is -2.29. The maximum absolute atomic E-state index is 3.74. The summed E-state index contributed by atoms with van der Waals surface area (Å²) in [5.41, 5.74) is 5.83. The van der Waals surface area contributed by atoms with E-state index in [-0.39, 0.29) is 0 Å². The number of rotatable bonds is 2. The van der Waals surface area contributed by atoms with Gasteiger partial charge in [0, 0.05) is 5.69 Å². The van der Waals surface area contributed by atoms with Crippen molar-refractivity contribution in [3.05, 3.63) is 65.2 Å². The summed E-state index contributed by atoms with van der Waals surface area (Å²) in [7, 11) is 0. The minimum atomic E-state index is 0.292. The van der Waals surface area contributed by atoms with Crippen LogP contribution >= 0.6 is 0 Å². The fourth-order valence-electron chi connectivity index (χ4n) is 3.29. The number of para-hydroxylation sites is 1. The van der Waals surface area contributed by atoms with E-state index in [4.69, 9.17) is 0 Å². The van der Waals surface area contributed by atoms with Crippen molar-refractivity contribution >= 4 is 5.69 Å². The van der Waals surface area contributed by atoms with Crippen molar-refractivity contribution in [2.45, 2.75) is 45.1 Å². The first-order chi connectivity index (χ1) is 9.58. The molecule has 0 fully saturated rings. The lowest BCUT2D eigenvalue weighted by Gasteiger charge is -2.38. The molecule has 1 unspecified atom stereocenters. The molecule has 0 saturated carbocycles. The summed E-state index contributed by atoms with van der Waals surface area (Å²) in [5, 5.41) is 3.74. The van der Waals surface area contributed by atoms with Crippen LogP contribution in [0.4, 0.5) is 5.69 Å².